The molecule has 2 amide bonds. The number of rotatable bonds is 6. The molecule has 0 aliphatic heterocycles. The first-order valence-corrected chi connectivity index (χ1v) is 6.92. The van der Waals surface area contributed by atoms with Gasteiger partial charge >= 0.3 is 0 Å². The number of aryl methyl sites for hydroxylation is 1. The lowest BCUT2D eigenvalue weighted by atomic mass is 10.2. The largest absolute Gasteiger partial charge is 0.398 e. The van der Waals surface area contributed by atoms with E-state index in [4.69, 9.17) is 5.73 Å². The molecule has 0 atom stereocenters. The summed E-state index contributed by atoms with van der Waals surface area (Å²) in [6, 6.07) is 5.47. The minimum atomic E-state index is -0.182. The predicted molar refractivity (Wildman–Crippen MR) is 85.0 cm³/mol. The smallest absolute Gasteiger partial charge is 0.238 e. The Morgan fingerprint density at radius 2 is 1.86 bits per heavy atom. The average Bonchev–Trinajstić information content (AvgIpc) is 2.32. The molecule has 4 N–H and O–H groups in total. The molecular formula is C15H24N4O2. The van der Waals surface area contributed by atoms with Gasteiger partial charge in [-0.1, -0.05) is 6.07 Å². The Hall–Kier alpha value is -2.08. The Bertz CT molecular complexity index is 514. The number of nitrogens with zero attached hydrogens (tertiary/aromatic N) is 1. The van der Waals surface area contributed by atoms with E-state index in [-0.39, 0.29) is 30.9 Å². The van der Waals surface area contributed by atoms with Crippen LogP contribution in [0.4, 0.5) is 11.4 Å². The van der Waals surface area contributed by atoms with Gasteiger partial charge in [0.1, 0.15) is 0 Å². The van der Waals surface area contributed by atoms with E-state index in [0.29, 0.717) is 11.4 Å². The zero-order valence-corrected chi connectivity index (χ0v) is 13.1. The molecule has 0 aromatic heterocycles. The summed E-state index contributed by atoms with van der Waals surface area (Å²) in [4.78, 5) is 25.1. The van der Waals surface area contributed by atoms with Crippen molar-refractivity contribution in [3.8, 4) is 0 Å². The van der Waals surface area contributed by atoms with Gasteiger partial charge in [0.2, 0.25) is 11.8 Å². The van der Waals surface area contributed by atoms with E-state index in [1.807, 2.05) is 26.8 Å². The van der Waals surface area contributed by atoms with Crippen LogP contribution >= 0.6 is 0 Å². The second kappa shape index (κ2) is 7.64. The Labute approximate surface area is 125 Å². The summed E-state index contributed by atoms with van der Waals surface area (Å²) in [6.45, 7) is 6.02. The lowest BCUT2D eigenvalue weighted by Crippen LogP contribution is -2.41. The van der Waals surface area contributed by atoms with Gasteiger partial charge in [0.15, 0.2) is 0 Å². The normalized spacial score (nSPS) is 10.8. The second-order valence-electron chi connectivity index (χ2n) is 5.51. The molecule has 116 valence electrons. The second-order valence-corrected chi connectivity index (χ2v) is 5.51. The maximum atomic E-state index is 11.9. The lowest BCUT2D eigenvalue weighted by Gasteiger charge is -2.17. The van der Waals surface area contributed by atoms with Crippen molar-refractivity contribution in [2.24, 2.45) is 0 Å². The quantitative estimate of drug-likeness (QED) is 0.682. The summed E-state index contributed by atoms with van der Waals surface area (Å²) in [5.74, 6) is -0.280. The van der Waals surface area contributed by atoms with Gasteiger partial charge in [-0.05, 0) is 45.5 Å². The van der Waals surface area contributed by atoms with Crippen LogP contribution in [0.15, 0.2) is 18.2 Å². The summed E-state index contributed by atoms with van der Waals surface area (Å²) < 4.78 is 0. The van der Waals surface area contributed by atoms with E-state index in [9.17, 15) is 9.59 Å². The van der Waals surface area contributed by atoms with Crippen molar-refractivity contribution in [1.29, 1.82) is 0 Å². The zero-order chi connectivity index (χ0) is 16.0. The summed E-state index contributed by atoms with van der Waals surface area (Å²) in [5.41, 5.74) is 8.06. The fourth-order valence-electron chi connectivity index (χ4n) is 1.83. The zero-order valence-electron chi connectivity index (χ0n) is 13.1. The number of hydrogen-bond donors (Lipinski definition) is 3. The molecule has 0 radical (unpaired) electrons. The van der Waals surface area contributed by atoms with Gasteiger partial charge in [-0.15, -0.1) is 0 Å². The Kier molecular flexibility index (Phi) is 6.17. The van der Waals surface area contributed by atoms with Crippen molar-refractivity contribution < 1.29 is 9.59 Å². The number of carbonyl (C=O) groups excluding carboxylic acids is 2. The summed E-state index contributed by atoms with van der Waals surface area (Å²) in [7, 11) is 1.73. The minimum Gasteiger partial charge on any atom is -0.398 e. The Morgan fingerprint density at radius 3 is 2.43 bits per heavy atom. The molecule has 0 saturated heterocycles. The van der Waals surface area contributed by atoms with Crippen molar-refractivity contribution in [1.82, 2.24) is 10.2 Å². The van der Waals surface area contributed by atoms with Crippen LogP contribution in [0.5, 0.6) is 0 Å². The molecular weight excluding hydrogens is 268 g/mol. The SMILES string of the molecule is Cc1ccc(NC(=O)CN(C)CC(=O)NC(C)C)cc1N. The molecule has 0 unspecified atom stereocenters. The maximum Gasteiger partial charge on any atom is 0.238 e. The van der Waals surface area contributed by atoms with E-state index in [0.717, 1.165) is 5.56 Å². The Morgan fingerprint density at radius 1 is 1.24 bits per heavy atom. The van der Waals surface area contributed by atoms with E-state index < -0.39 is 0 Å². The highest BCUT2D eigenvalue weighted by Gasteiger charge is 2.11. The molecule has 0 aliphatic carbocycles. The molecule has 1 rings (SSSR count). The third kappa shape index (κ3) is 6.27. The molecule has 0 saturated carbocycles. The predicted octanol–water partition coefficient (Wildman–Crippen LogP) is 0.972. The first-order valence-electron chi connectivity index (χ1n) is 6.92. The van der Waals surface area contributed by atoms with Gasteiger partial charge in [-0.3, -0.25) is 14.5 Å². The first kappa shape index (κ1) is 17.0. The van der Waals surface area contributed by atoms with Crippen LogP contribution in [0, 0.1) is 6.92 Å². The number of nitrogens with one attached hydrogen (secondary N) is 2. The summed E-state index contributed by atoms with van der Waals surface area (Å²) >= 11 is 0. The van der Waals surface area contributed by atoms with Gasteiger partial charge in [-0.2, -0.15) is 0 Å². The standard InChI is InChI=1S/C15H24N4O2/c1-10(2)17-14(20)8-19(4)9-15(21)18-12-6-5-11(3)13(16)7-12/h5-7,10H,8-9,16H2,1-4H3,(H,17,20)(H,18,21). The van der Waals surface area contributed by atoms with E-state index >= 15 is 0 Å². The molecule has 0 aliphatic rings. The number of benzene rings is 1. The van der Waals surface area contributed by atoms with Gasteiger partial charge < -0.3 is 16.4 Å². The number of anilines is 2. The highest BCUT2D eigenvalue weighted by atomic mass is 16.2. The van der Waals surface area contributed by atoms with E-state index in [2.05, 4.69) is 10.6 Å². The number of hydrogen-bond acceptors (Lipinski definition) is 4. The number of nitrogen functional groups attached to an aromatic ring is 1. The third-order valence-electron chi connectivity index (χ3n) is 2.84. The van der Waals surface area contributed by atoms with Crippen LogP contribution in [0.3, 0.4) is 0 Å². The molecule has 1 aromatic carbocycles. The van der Waals surface area contributed by atoms with E-state index in [1.165, 1.54) is 0 Å². The maximum absolute atomic E-state index is 11.9. The van der Waals surface area contributed by atoms with Gasteiger partial charge in [0.25, 0.3) is 0 Å². The summed E-state index contributed by atoms with van der Waals surface area (Å²) in [6.07, 6.45) is 0. The van der Waals surface area contributed by atoms with Crippen LogP contribution in [0.25, 0.3) is 0 Å². The molecule has 0 bridgehead atoms. The van der Waals surface area contributed by atoms with E-state index in [1.54, 1.807) is 24.1 Å². The fraction of sp³-hybridized carbons (Fsp3) is 0.467. The fourth-order valence-corrected chi connectivity index (χ4v) is 1.83. The number of nitrogens with two attached hydrogens (primary N) is 1. The number of likely N-dealkylation sites (N-methyl/N-ethyl adjacent to an activating group) is 1. The monoisotopic (exact) mass is 292 g/mol. The first-order chi connectivity index (χ1) is 9.77. The van der Waals surface area contributed by atoms with Crippen LogP contribution < -0.4 is 16.4 Å². The van der Waals surface area contributed by atoms with Crippen molar-refractivity contribution >= 4 is 23.2 Å². The average molecular weight is 292 g/mol. The van der Waals surface area contributed by atoms with Crippen molar-refractivity contribution in [3.05, 3.63) is 23.8 Å². The summed E-state index contributed by atoms with van der Waals surface area (Å²) in [5, 5.41) is 5.54. The number of amides is 2. The highest BCUT2D eigenvalue weighted by molar-refractivity contribution is 5.93. The van der Waals surface area contributed by atoms with Crippen LogP contribution in [-0.4, -0.2) is 42.9 Å². The Balaban J connectivity index is 2.45. The van der Waals surface area contributed by atoms with Crippen molar-refractivity contribution in [2.45, 2.75) is 26.8 Å². The minimum absolute atomic E-state index is 0.0928. The molecule has 0 spiro atoms. The number of carbonyl (C=O) groups is 2. The molecule has 1 aromatic rings. The molecule has 0 heterocycles. The van der Waals surface area contributed by atoms with Crippen LogP contribution in [0.2, 0.25) is 0 Å². The molecule has 6 nitrogen and oxygen atoms in total. The van der Waals surface area contributed by atoms with Gasteiger partial charge in [0, 0.05) is 17.4 Å². The van der Waals surface area contributed by atoms with Crippen molar-refractivity contribution in [2.75, 3.05) is 31.2 Å². The topological polar surface area (TPSA) is 87.5 Å². The molecule has 0 fully saturated rings. The van der Waals surface area contributed by atoms with Gasteiger partial charge in [-0.25, -0.2) is 0 Å². The van der Waals surface area contributed by atoms with Gasteiger partial charge in [0.05, 0.1) is 13.1 Å². The molecule has 21 heavy (non-hydrogen) atoms. The lowest BCUT2D eigenvalue weighted by molar-refractivity contribution is -0.123. The van der Waals surface area contributed by atoms with Crippen molar-refractivity contribution in [3.63, 3.8) is 0 Å². The van der Waals surface area contributed by atoms with Crippen LogP contribution in [0.1, 0.15) is 19.4 Å². The third-order valence-corrected chi connectivity index (χ3v) is 2.84. The molecule has 6 heteroatoms. The highest BCUT2D eigenvalue weighted by Crippen LogP contribution is 2.16. The van der Waals surface area contributed by atoms with Crippen LogP contribution in [-0.2, 0) is 9.59 Å².